The van der Waals surface area contributed by atoms with Gasteiger partial charge in [-0.1, -0.05) is 32.1 Å². The van der Waals surface area contributed by atoms with Crippen molar-refractivity contribution in [2.45, 2.75) is 70.9 Å². The van der Waals surface area contributed by atoms with Crippen LogP contribution in [0.15, 0.2) is 0 Å². The van der Waals surface area contributed by atoms with E-state index in [0.717, 1.165) is 25.7 Å². The Labute approximate surface area is 120 Å². The predicted molar refractivity (Wildman–Crippen MR) is 75.6 cm³/mol. The Kier molecular flexibility index (Phi) is 7.57. The first-order valence-corrected chi connectivity index (χ1v) is 7.00. The van der Waals surface area contributed by atoms with E-state index in [2.05, 4.69) is 5.32 Å². The van der Waals surface area contributed by atoms with Crippen molar-refractivity contribution < 1.29 is 24.9 Å². The standard InChI is InChI=1S/C14H25NO4.H2O/c1-14(2,3)19-13(18)15-11(12(16)17)9-10-7-5-4-6-8-10;/h10-11H,4-9H2,1-3H3,(H,15,18)(H,16,17);1H2/t11-;/m1./s1. The Morgan fingerprint density at radius 1 is 1.25 bits per heavy atom. The zero-order chi connectivity index (χ0) is 14.5. The molecule has 0 aliphatic heterocycles. The van der Waals surface area contributed by atoms with Gasteiger partial charge in [-0.25, -0.2) is 9.59 Å². The number of carboxylic acid groups (broad SMARTS) is 1. The lowest BCUT2D eigenvalue weighted by atomic mass is 9.85. The van der Waals surface area contributed by atoms with Crippen LogP contribution in [0.25, 0.3) is 0 Å². The lowest BCUT2D eigenvalue weighted by molar-refractivity contribution is -0.140. The van der Waals surface area contributed by atoms with Crippen molar-refractivity contribution in [3.8, 4) is 0 Å². The molecule has 1 fully saturated rings. The van der Waals surface area contributed by atoms with Crippen molar-refractivity contribution >= 4 is 12.1 Å². The molecule has 1 aliphatic rings. The van der Waals surface area contributed by atoms with Crippen LogP contribution in [0.4, 0.5) is 4.79 Å². The second kappa shape index (κ2) is 8.09. The molecule has 1 atom stereocenters. The van der Waals surface area contributed by atoms with Crippen LogP contribution in [-0.4, -0.2) is 34.3 Å². The van der Waals surface area contributed by atoms with E-state index in [4.69, 9.17) is 4.74 Å². The number of nitrogens with one attached hydrogen (secondary N) is 1. The molecule has 0 unspecified atom stereocenters. The second-order valence-corrected chi connectivity index (χ2v) is 6.28. The molecular formula is C14H27NO5. The molecule has 20 heavy (non-hydrogen) atoms. The highest BCUT2D eigenvalue weighted by molar-refractivity contribution is 5.80. The number of carboxylic acids is 1. The quantitative estimate of drug-likeness (QED) is 0.826. The molecule has 0 radical (unpaired) electrons. The summed E-state index contributed by atoms with van der Waals surface area (Å²) in [5.74, 6) is -0.596. The first kappa shape index (κ1) is 18.7. The number of carbonyl (C=O) groups is 2. The molecule has 4 N–H and O–H groups in total. The van der Waals surface area contributed by atoms with Gasteiger partial charge in [0.15, 0.2) is 0 Å². The predicted octanol–water partition coefficient (Wildman–Crippen LogP) is 2.11. The number of ether oxygens (including phenoxy) is 1. The summed E-state index contributed by atoms with van der Waals surface area (Å²) in [6.45, 7) is 5.26. The van der Waals surface area contributed by atoms with Crippen molar-refractivity contribution in [2.75, 3.05) is 0 Å². The highest BCUT2D eigenvalue weighted by atomic mass is 16.6. The van der Waals surface area contributed by atoms with E-state index in [1.165, 1.54) is 6.42 Å². The molecule has 0 aromatic carbocycles. The van der Waals surface area contributed by atoms with E-state index >= 15 is 0 Å². The van der Waals surface area contributed by atoms with Gasteiger partial charge in [-0.2, -0.15) is 0 Å². The van der Waals surface area contributed by atoms with Gasteiger partial charge in [0, 0.05) is 0 Å². The highest BCUT2D eigenvalue weighted by Crippen LogP contribution is 2.27. The van der Waals surface area contributed by atoms with Crippen LogP contribution in [-0.2, 0) is 9.53 Å². The van der Waals surface area contributed by atoms with E-state index in [-0.39, 0.29) is 5.48 Å². The number of carbonyl (C=O) groups excluding carboxylic acids is 1. The van der Waals surface area contributed by atoms with Gasteiger partial charge in [0.05, 0.1) is 0 Å². The van der Waals surface area contributed by atoms with Gasteiger partial charge < -0.3 is 20.6 Å². The molecule has 0 spiro atoms. The average molecular weight is 289 g/mol. The first-order chi connectivity index (χ1) is 8.78. The highest BCUT2D eigenvalue weighted by Gasteiger charge is 2.27. The van der Waals surface area contributed by atoms with Gasteiger partial charge in [-0.15, -0.1) is 0 Å². The average Bonchev–Trinajstić information content (AvgIpc) is 2.26. The van der Waals surface area contributed by atoms with E-state index in [9.17, 15) is 14.7 Å². The van der Waals surface area contributed by atoms with Crippen LogP contribution in [0.5, 0.6) is 0 Å². The zero-order valence-electron chi connectivity index (χ0n) is 12.6. The summed E-state index contributed by atoms with van der Waals surface area (Å²) >= 11 is 0. The molecule has 1 aliphatic carbocycles. The monoisotopic (exact) mass is 289 g/mol. The fourth-order valence-electron chi connectivity index (χ4n) is 2.43. The Balaban J connectivity index is 0.00000361. The number of hydrogen-bond acceptors (Lipinski definition) is 3. The van der Waals surface area contributed by atoms with Crippen molar-refractivity contribution in [1.29, 1.82) is 0 Å². The maximum absolute atomic E-state index is 11.6. The Morgan fingerprint density at radius 3 is 2.25 bits per heavy atom. The van der Waals surface area contributed by atoms with E-state index in [1.54, 1.807) is 20.8 Å². The minimum absolute atomic E-state index is 0. The van der Waals surface area contributed by atoms with Crippen LogP contribution in [0.3, 0.4) is 0 Å². The maximum atomic E-state index is 11.6. The minimum Gasteiger partial charge on any atom is -0.480 e. The fourth-order valence-corrected chi connectivity index (χ4v) is 2.43. The third-order valence-corrected chi connectivity index (χ3v) is 3.28. The van der Waals surface area contributed by atoms with Gasteiger partial charge in [-0.3, -0.25) is 0 Å². The second-order valence-electron chi connectivity index (χ2n) is 6.28. The number of aliphatic carboxylic acids is 1. The van der Waals surface area contributed by atoms with Crippen LogP contribution in [0.2, 0.25) is 0 Å². The normalized spacial score (nSPS) is 17.8. The van der Waals surface area contributed by atoms with Crippen molar-refractivity contribution in [3.05, 3.63) is 0 Å². The van der Waals surface area contributed by atoms with Crippen molar-refractivity contribution in [3.63, 3.8) is 0 Å². The summed E-state index contributed by atoms with van der Waals surface area (Å²) in [5, 5.41) is 11.6. The Hall–Kier alpha value is -1.30. The van der Waals surface area contributed by atoms with Gasteiger partial charge in [0.2, 0.25) is 0 Å². The molecule has 1 rings (SSSR count). The van der Waals surface area contributed by atoms with Crippen LogP contribution >= 0.6 is 0 Å². The van der Waals surface area contributed by atoms with Crippen molar-refractivity contribution in [1.82, 2.24) is 5.32 Å². The summed E-state index contributed by atoms with van der Waals surface area (Å²) in [5.41, 5.74) is -0.613. The maximum Gasteiger partial charge on any atom is 0.408 e. The van der Waals surface area contributed by atoms with Crippen LogP contribution in [0, 0.1) is 5.92 Å². The van der Waals surface area contributed by atoms with Crippen LogP contribution < -0.4 is 5.32 Å². The number of amides is 1. The number of rotatable bonds is 4. The molecule has 0 heterocycles. The van der Waals surface area contributed by atoms with E-state index in [1.807, 2.05) is 0 Å². The molecule has 0 bridgehead atoms. The zero-order valence-corrected chi connectivity index (χ0v) is 12.6. The summed E-state index contributed by atoms with van der Waals surface area (Å²) < 4.78 is 5.09. The summed E-state index contributed by atoms with van der Waals surface area (Å²) in [6.07, 6.45) is 5.49. The Bertz CT molecular complexity index is 318. The summed E-state index contributed by atoms with van der Waals surface area (Å²) in [6, 6.07) is -0.849. The smallest absolute Gasteiger partial charge is 0.408 e. The summed E-state index contributed by atoms with van der Waals surface area (Å²) in [7, 11) is 0. The molecule has 0 saturated heterocycles. The van der Waals surface area contributed by atoms with Gasteiger partial charge in [-0.05, 0) is 33.1 Å². The largest absolute Gasteiger partial charge is 0.480 e. The first-order valence-electron chi connectivity index (χ1n) is 7.00. The molecular weight excluding hydrogens is 262 g/mol. The van der Waals surface area contributed by atoms with Crippen molar-refractivity contribution in [2.24, 2.45) is 5.92 Å². The SMILES string of the molecule is CC(C)(C)OC(=O)N[C@H](CC1CCCCC1)C(=O)O.O. The molecule has 1 amide bonds. The third kappa shape index (κ3) is 7.33. The molecule has 118 valence electrons. The molecule has 0 aromatic heterocycles. The van der Waals surface area contributed by atoms with E-state index < -0.39 is 23.7 Å². The van der Waals surface area contributed by atoms with Crippen LogP contribution in [0.1, 0.15) is 59.3 Å². The van der Waals surface area contributed by atoms with Gasteiger partial charge >= 0.3 is 12.1 Å². The third-order valence-electron chi connectivity index (χ3n) is 3.28. The van der Waals surface area contributed by atoms with Gasteiger partial charge in [0.1, 0.15) is 11.6 Å². The Morgan fingerprint density at radius 2 is 1.80 bits per heavy atom. The minimum atomic E-state index is -0.989. The molecule has 0 aromatic rings. The van der Waals surface area contributed by atoms with E-state index in [0.29, 0.717) is 12.3 Å². The molecule has 6 heteroatoms. The molecule has 6 nitrogen and oxygen atoms in total. The lowest BCUT2D eigenvalue weighted by Gasteiger charge is -2.26. The fraction of sp³-hybridized carbons (Fsp3) is 0.857. The topological polar surface area (TPSA) is 107 Å². The lowest BCUT2D eigenvalue weighted by Crippen LogP contribution is -2.44. The number of alkyl carbamates (subject to hydrolysis) is 1. The summed E-state index contributed by atoms with van der Waals surface area (Å²) in [4.78, 5) is 22.8. The molecule has 1 saturated carbocycles. The van der Waals surface area contributed by atoms with Gasteiger partial charge in [0.25, 0.3) is 0 Å². The number of hydrogen-bond donors (Lipinski definition) is 2.